The van der Waals surface area contributed by atoms with Gasteiger partial charge in [0.1, 0.15) is 0 Å². The van der Waals surface area contributed by atoms with Gasteiger partial charge in [0.2, 0.25) is 0 Å². The van der Waals surface area contributed by atoms with Crippen LogP contribution in [0.15, 0.2) is 10.7 Å². The van der Waals surface area contributed by atoms with Crippen molar-refractivity contribution in [2.24, 2.45) is 13.0 Å². The van der Waals surface area contributed by atoms with E-state index in [1.165, 1.54) is 18.5 Å². The van der Waals surface area contributed by atoms with E-state index in [9.17, 15) is 4.79 Å². The molecular weight excluding hydrogens is 398 g/mol. The number of carbonyl (C=O) groups excluding carboxylic acids is 1. The molecule has 10 nitrogen and oxygen atoms in total. The van der Waals surface area contributed by atoms with Crippen molar-refractivity contribution in [1.29, 1.82) is 0 Å². The van der Waals surface area contributed by atoms with Crippen LogP contribution in [0, 0.1) is 12.8 Å². The predicted molar refractivity (Wildman–Crippen MR) is 110 cm³/mol. The summed E-state index contributed by atoms with van der Waals surface area (Å²) in [4.78, 5) is 18.9. The fourth-order valence-corrected chi connectivity index (χ4v) is 4.01. The summed E-state index contributed by atoms with van der Waals surface area (Å²) in [5.74, 6) is 1.64. The van der Waals surface area contributed by atoms with Gasteiger partial charge >= 0.3 is 0 Å². The molecule has 1 amide bonds. The van der Waals surface area contributed by atoms with Crippen molar-refractivity contribution in [3.8, 4) is 11.6 Å². The normalized spacial score (nSPS) is 15.8. The monoisotopic (exact) mass is 425 g/mol. The fraction of sp³-hybridized carbons (Fsp3) is 0.571. The molecule has 0 bridgehead atoms. The zero-order valence-electron chi connectivity index (χ0n) is 18.2. The topological polar surface area (TPSA) is 104 Å². The molecule has 1 aliphatic heterocycles. The average Bonchev–Trinajstić information content (AvgIpc) is 3.17. The van der Waals surface area contributed by atoms with E-state index >= 15 is 0 Å². The minimum atomic E-state index is -0.0700. The molecule has 1 saturated carbocycles. The second-order valence-electron chi connectivity index (χ2n) is 8.50. The van der Waals surface area contributed by atoms with Crippen molar-refractivity contribution in [2.45, 2.75) is 45.8 Å². The van der Waals surface area contributed by atoms with Crippen molar-refractivity contribution in [2.75, 3.05) is 20.2 Å². The summed E-state index contributed by atoms with van der Waals surface area (Å²) in [5, 5.41) is 13.2. The molecule has 1 fully saturated rings. The van der Waals surface area contributed by atoms with Gasteiger partial charge in [-0.15, -0.1) is 0 Å². The lowest BCUT2D eigenvalue weighted by Gasteiger charge is -2.15. The summed E-state index contributed by atoms with van der Waals surface area (Å²) in [6.45, 7) is 4.50. The van der Waals surface area contributed by atoms with E-state index in [2.05, 4.69) is 19.9 Å². The maximum Gasteiger partial charge on any atom is 0.278 e. The van der Waals surface area contributed by atoms with Gasteiger partial charge in [0, 0.05) is 57.5 Å². The SMILES string of the molecule is Cc1nn(C)cc1C(=O)N(C)CCc1noc(-c2nn(CC3CC3)c3c2COCC3)n1. The molecule has 5 rings (SSSR count). The summed E-state index contributed by atoms with van der Waals surface area (Å²) in [6, 6.07) is 0. The minimum absolute atomic E-state index is 0.0700. The van der Waals surface area contributed by atoms with Crippen molar-refractivity contribution in [3.05, 3.63) is 34.5 Å². The first-order chi connectivity index (χ1) is 15.0. The number of rotatable bonds is 7. The maximum atomic E-state index is 12.7. The molecule has 31 heavy (non-hydrogen) atoms. The molecule has 0 radical (unpaired) electrons. The molecule has 1 aliphatic carbocycles. The number of hydrogen-bond acceptors (Lipinski definition) is 7. The summed E-state index contributed by atoms with van der Waals surface area (Å²) in [6.07, 6.45) is 5.64. The lowest BCUT2D eigenvalue weighted by molar-refractivity contribution is 0.0795. The van der Waals surface area contributed by atoms with Crippen LogP contribution in [0.3, 0.4) is 0 Å². The molecule has 0 atom stereocenters. The highest BCUT2D eigenvalue weighted by atomic mass is 16.5. The highest BCUT2D eigenvalue weighted by Gasteiger charge is 2.29. The second kappa shape index (κ2) is 7.92. The zero-order valence-corrected chi connectivity index (χ0v) is 18.2. The van der Waals surface area contributed by atoms with Gasteiger partial charge in [-0.1, -0.05) is 5.16 Å². The van der Waals surface area contributed by atoms with Crippen LogP contribution < -0.4 is 0 Å². The molecule has 0 aromatic carbocycles. The first kappa shape index (κ1) is 19.9. The average molecular weight is 425 g/mol. The molecular formula is C21H27N7O3. The fourth-order valence-electron chi connectivity index (χ4n) is 4.01. The molecule has 0 spiro atoms. The lowest BCUT2D eigenvalue weighted by Crippen LogP contribution is -2.29. The van der Waals surface area contributed by atoms with Crippen molar-refractivity contribution >= 4 is 5.91 Å². The molecule has 2 aliphatic rings. The van der Waals surface area contributed by atoms with E-state index in [0.717, 1.165) is 35.8 Å². The van der Waals surface area contributed by atoms with Gasteiger partial charge in [-0.3, -0.25) is 14.2 Å². The largest absolute Gasteiger partial charge is 0.376 e. The van der Waals surface area contributed by atoms with E-state index < -0.39 is 0 Å². The number of hydrogen-bond donors (Lipinski definition) is 0. The minimum Gasteiger partial charge on any atom is -0.376 e. The van der Waals surface area contributed by atoms with Gasteiger partial charge in [-0.2, -0.15) is 15.2 Å². The lowest BCUT2D eigenvalue weighted by atomic mass is 10.1. The van der Waals surface area contributed by atoms with Gasteiger partial charge < -0.3 is 14.2 Å². The third kappa shape index (κ3) is 3.99. The highest BCUT2D eigenvalue weighted by molar-refractivity contribution is 5.94. The van der Waals surface area contributed by atoms with Crippen LogP contribution in [0.25, 0.3) is 11.6 Å². The van der Waals surface area contributed by atoms with Crippen molar-refractivity contribution < 1.29 is 14.1 Å². The Balaban J connectivity index is 1.29. The van der Waals surface area contributed by atoms with Gasteiger partial charge in [0.05, 0.1) is 24.5 Å². The van der Waals surface area contributed by atoms with E-state index in [1.807, 2.05) is 6.92 Å². The summed E-state index contributed by atoms with van der Waals surface area (Å²) >= 11 is 0. The Labute approximate surface area is 180 Å². The first-order valence-electron chi connectivity index (χ1n) is 10.7. The Hall–Kier alpha value is -3.01. The Bertz CT molecular complexity index is 1110. The first-order valence-corrected chi connectivity index (χ1v) is 10.7. The summed E-state index contributed by atoms with van der Waals surface area (Å²) < 4.78 is 15.0. The van der Waals surface area contributed by atoms with Crippen molar-refractivity contribution in [1.82, 2.24) is 34.6 Å². The number of amides is 1. The Kier molecular flexibility index (Phi) is 5.09. The number of ether oxygens (including phenoxy) is 1. The Morgan fingerprint density at radius 3 is 2.90 bits per heavy atom. The number of aryl methyl sites for hydroxylation is 2. The van der Waals surface area contributed by atoms with Crippen LogP contribution in [-0.2, 0) is 37.8 Å². The van der Waals surface area contributed by atoms with E-state index in [-0.39, 0.29) is 5.91 Å². The highest BCUT2D eigenvalue weighted by Crippen LogP contribution is 2.34. The van der Waals surface area contributed by atoms with Crippen LogP contribution in [0.2, 0.25) is 0 Å². The third-order valence-corrected chi connectivity index (χ3v) is 5.96. The smallest absolute Gasteiger partial charge is 0.278 e. The van der Waals surface area contributed by atoms with Gasteiger partial charge in [0.15, 0.2) is 11.5 Å². The third-order valence-electron chi connectivity index (χ3n) is 5.96. The van der Waals surface area contributed by atoms with Gasteiger partial charge in [-0.05, 0) is 25.7 Å². The van der Waals surface area contributed by atoms with E-state index in [1.54, 1.807) is 29.9 Å². The number of likely N-dealkylation sites (N-methyl/N-ethyl adjacent to an activating group) is 1. The van der Waals surface area contributed by atoms with Crippen LogP contribution in [0.1, 0.15) is 46.0 Å². The maximum absolute atomic E-state index is 12.7. The molecule has 164 valence electrons. The summed E-state index contributed by atoms with van der Waals surface area (Å²) in [5.41, 5.74) is 4.33. The Morgan fingerprint density at radius 1 is 1.32 bits per heavy atom. The van der Waals surface area contributed by atoms with E-state index in [4.69, 9.17) is 14.4 Å². The van der Waals surface area contributed by atoms with Crippen LogP contribution in [0.5, 0.6) is 0 Å². The Morgan fingerprint density at radius 2 is 2.16 bits per heavy atom. The van der Waals surface area contributed by atoms with Crippen LogP contribution >= 0.6 is 0 Å². The van der Waals surface area contributed by atoms with Gasteiger partial charge in [-0.25, -0.2) is 0 Å². The van der Waals surface area contributed by atoms with Gasteiger partial charge in [0.25, 0.3) is 11.8 Å². The van der Waals surface area contributed by atoms with Crippen LogP contribution in [0.4, 0.5) is 0 Å². The second-order valence-corrected chi connectivity index (χ2v) is 8.50. The molecule has 3 aromatic rings. The van der Waals surface area contributed by atoms with Crippen LogP contribution in [-0.4, -0.2) is 60.7 Å². The molecule has 0 unspecified atom stereocenters. The number of carbonyl (C=O) groups is 1. The molecule has 0 saturated heterocycles. The molecule has 4 heterocycles. The predicted octanol–water partition coefficient (Wildman–Crippen LogP) is 1.77. The molecule has 10 heteroatoms. The quantitative estimate of drug-likeness (QED) is 0.568. The van der Waals surface area contributed by atoms with Crippen molar-refractivity contribution in [3.63, 3.8) is 0 Å². The molecule has 0 N–H and O–H groups in total. The van der Waals surface area contributed by atoms with E-state index in [0.29, 0.717) is 43.5 Å². The number of fused-ring (bicyclic) bond motifs is 1. The standard InChI is InChI=1S/C21H27N7O3/c1-13-15(11-27(3)23-13)21(29)26(2)8-6-18-22-20(31-25-18)19-16-12-30-9-7-17(16)28(24-19)10-14-4-5-14/h11,14H,4-10,12H2,1-3H3. The zero-order chi connectivity index (χ0) is 21.5. The number of nitrogens with zero attached hydrogens (tertiary/aromatic N) is 7. The molecule has 3 aromatic heterocycles. The number of aromatic nitrogens is 6. The summed E-state index contributed by atoms with van der Waals surface area (Å²) in [7, 11) is 3.57.